The van der Waals surface area contributed by atoms with Gasteiger partial charge >= 0.3 is 0 Å². The molecule has 18 heavy (non-hydrogen) atoms. The van der Waals surface area contributed by atoms with E-state index in [0.29, 0.717) is 0 Å². The number of pyridine rings is 1. The van der Waals surface area contributed by atoms with E-state index in [1.54, 1.807) is 0 Å². The van der Waals surface area contributed by atoms with Crippen LogP contribution in [0.5, 0.6) is 0 Å². The summed E-state index contributed by atoms with van der Waals surface area (Å²) < 4.78 is 2.24. The minimum atomic E-state index is 1.25. The largest absolute Gasteiger partial charge is 0.321 e. The Morgan fingerprint density at radius 2 is 1.44 bits per heavy atom. The number of benzene rings is 1. The number of rotatable bonds is 1. The zero-order chi connectivity index (χ0) is 12.7. The van der Waals surface area contributed by atoms with Crippen molar-refractivity contribution in [2.45, 2.75) is 20.8 Å². The van der Waals surface area contributed by atoms with Crippen molar-refractivity contribution >= 4 is 5.52 Å². The monoisotopic (exact) mass is 235 g/mol. The molecule has 0 aliphatic carbocycles. The molecule has 2 heterocycles. The maximum atomic E-state index is 2.26. The fourth-order valence-electron chi connectivity index (χ4n) is 2.33. The molecule has 0 unspecified atom stereocenters. The Morgan fingerprint density at radius 3 is 2.22 bits per heavy atom. The van der Waals surface area contributed by atoms with E-state index in [2.05, 4.69) is 73.8 Å². The summed E-state index contributed by atoms with van der Waals surface area (Å²) >= 11 is 0. The van der Waals surface area contributed by atoms with Crippen LogP contribution in [0.1, 0.15) is 16.8 Å². The van der Waals surface area contributed by atoms with Crippen LogP contribution in [0.4, 0.5) is 0 Å². The number of hydrogen-bond acceptors (Lipinski definition) is 0. The molecule has 0 radical (unpaired) electrons. The van der Waals surface area contributed by atoms with Gasteiger partial charge in [0, 0.05) is 17.4 Å². The summed E-state index contributed by atoms with van der Waals surface area (Å²) in [4.78, 5) is 0. The summed E-state index contributed by atoms with van der Waals surface area (Å²) in [7, 11) is 0. The molecule has 0 amide bonds. The van der Waals surface area contributed by atoms with E-state index in [1.165, 1.54) is 33.5 Å². The quantitative estimate of drug-likeness (QED) is 0.583. The Bertz CT molecular complexity index is 720. The first-order valence-electron chi connectivity index (χ1n) is 6.30. The highest BCUT2D eigenvalue weighted by Crippen LogP contribution is 2.23. The Kier molecular flexibility index (Phi) is 2.48. The van der Waals surface area contributed by atoms with Crippen molar-refractivity contribution in [1.29, 1.82) is 0 Å². The van der Waals surface area contributed by atoms with Gasteiger partial charge in [-0.2, -0.15) is 0 Å². The summed E-state index contributed by atoms with van der Waals surface area (Å²) in [5.74, 6) is 0. The lowest BCUT2D eigenvalue weighted by Gasteiger charge is -2.07. The first-order valence-corrected chi connectivity index (χ1v) is 6.30. The van der Waals surface area contributed by atoms with Crippen LogP contribution < -0.4 is 0 Å². The molecule has 0 fully saturated rings. The first kappa shape index (κ1) is 11.1. The van der Waals surface area contributed by atoms with Gasteiger partial charge in [0.05, 0.1) is 0 Å². The molecule has 0 spiro atoms. The maximum absolute atomic E-state index is 2.26. The van der Waals surface area contributed by atoms with Crippen LogP contribution in [-0.4, -0.2) is 4.40 Å². The summed E-state index contributed by atoms with van der Waals surface area (Å²) in [5.41, 5.74) is 7.77. The zero-order valence-electron chi connectivity index (χ0n) is 11.1. The highest BCUT2D eigenvalue weighted by atomic mass is 14.9. The third kappa shape index (κ3) is 1.72. The molecule has 1 aromatic carbocycles. The van der Waals surface area contributed by atoms with Crippen LogP contribution in [0.15, 0.2) is 48.7 Å². The standard InChI is InChI=1S/C17H17N/c1-12-4-6-15(10-13(12)2)16-7-9-17-8-5-14(3)18(17)11-16/h4-11H,1-3H3. The van der Waals surface area contributed by atoms with Gasteiger partial charge in [0.1, 0.15) is 0 Å². The van der Waals surface area contributed by atoms with Crippen molar-refractivity contribution < 1.29 is 0 Å². The lowest BCUT2D eigenvalue weighted by molar-refractivity contribution is 1.11. The van der Waals surface area contributed by atoms with E-state index >= 15 is 0 Å². The van der Waals surface area contributed by atoms with Crippen LogP contribution in [-0.2, 0) is 0 Å². The van der Waals surface area contributed by atoms with Gasteiger partial charge in [-0.1, -0.05) is 24.3 Å². The molecule has 0 bridgehead atoms. The van der Waals surface area contributed by atoms with E-state index in [-0.39, 0.29) is 0 Å². The number of fused-ring (bicyclic) bond motifs is 1. The SMILES string of the molecule is Cc1ccc(-c2ccc3ccc(C)n3c2)cc1C. The van der Waals surface area contributed by atoms with Crippen LogP contribution in [0.2, 0.25) is 0 Å². The molecule has 0 N–H and O–H groups in total. The van der Waals surface area contributed by atoms with Crippen molar-refractivity contribution in [3.63, 3.8) is 0 Å². The van der Waals surface area contributed by atoms with Crippen LogP contribution in [0.3, 0.4) is 0 Å². The fourth-order valence-corrected chi connectivity index (χ4v) is 2.33. The molecule has 3 aromatic rings. The minimum absolute atomic E-state index is 1.25. The van der Waals surface area contributed by atoms with Gasteiger partial charge in [-0.05, 0) is 61.2 Å². The second-order valence-corrected chi connectivity index (χ2v) is 4.99. The summed E-state index contributed by atoms with van der Waals surface area (Å²) in [5, 5.41) is 0. The highest BCUT2D eigenvalue weighted by molar-refractivity contribution is 5.67. The van der Waals surface area contributed by atoms with E-state index in [9.17, 15) is 0 Å². The van der Waals surface area contributed by atoms with E-state index in [1.807, 2.05) is 0 Å². The lowest BCUT2D eigenvalue weighted by Crippen LogP contribution is -1.89. The topological polar surface area (TPSA) is 4.41 Å². The molecule has 1 heteroatoms. The van der Waals surface area contributed by atoms with Crippen molar-refractivity contribution in [3.05, 3.63) is 65.5 Å². The fraction of sp³-hybridized carbons (Fsp3) is 0.176. The normalized spacial score (nSPS) is 11.1. The van der Waals surface area contributed by atoms with Crippen LogP contribution in [0, 0.1) is 20.8 Å². The Labute approximate surface area is 108 Å². The Morgan fingerprint density at radius 1 is 0.722 bits per heavy atom. The first-order chi connectivity index (χ1) is 8.65. The lowest BCUT2D eigenvalue weighted by atomic mass is 10.0. The van der Waals surface area contributed by atoms with E-state index < -0.39 is 0 Å². The molecular formula is C17H17N. The van der Waals surface area contributed by atoms with Crippen molar-refractivity contribution in [2.75, 3.05) is 0 Å². The van der Waals surface area contributed by atoms with Gasteiger partial charge in [0.15, 0.2) is 0 Å². The molecule has 90 valence electrons. The molecule has 0 saturated heterocycles. The van der Waals surface area contributed by atoms with E-state index in [0.717, 1.165) is 0 Å². The molecule has 0 aliphatic heterocycles. The predicted octanol–water partition coefficient (Wildman–Crippen LogP) is 4.53. The molecule has 0 saturated carbocycles. The van der Waals surface area contributed by atoms with Gasteiger partial charge < -0.3 is 4.40 Å². The van der Waals surface area contributed by atoms with Crippen molar-refractivity contribution in [1.82, 2.24) is 4.40 Å². The van der Waals surface area contributed by atoms with Gasteiger partial charge in [-0.15, -0.1) is 0 Å². The van der Waals surface area contributed by atoms with Crippen molar-refractivity contribution in [3.8, 4) is 11.1 Å². The van der Waals surface area contributed by atoms with Gasteiger partial charge in [0.25, 0.3) is 0 Å². The number of nitrogens with zero attached hydrogens (tertiary/aromatic N) is 1. The Hall–Kier alpha value is -2.02. The van der Waals surface area contributed by atoms with E-state index in [4.69, 9.17) is 0 Å². The molecule has 0 atom stereocenters. The minimum Gasteiger partial charge on any atom is -0.321 e. The third-order valence-electron chi connectivity index (χ3n) is 3.70. The van der Waals surface area contributed by atoms with Crippen LogP contribution in [0.25, 0.3) is 16.6 Å². The Balaban J connectivity index is 2.18. The second kappa shape index (κ2) is 4.02. The molecule has 3 rings (SSSR count). The average molecular weight is 235 g/mol. The summed E-state index contributed by atoms with van der Waals surface area (Å²) in [6, 6.07) is 15.3. The van der Waals surface area contributed by atoms with Crippen LogP contribution >= 0.6 is 0 Å². The molecule has 2 aromatic heterocycles. The summed E-state index contributed by atoms with van der Waals surface area (Å²) in [6.07, 6.45) is 2.22. The third-order valence-corrected chi connectivity index (χ3v) is 3.70. The average Bonchev–Trinajstić information content (AvgIpc) is 2.74. The number of hydrogen-bond donors (Lipinski definition) is 0. The highest BCUT2D eigenvalue weighted by Gasteiger charge is 2.02. The molecule has 0 aliphatic rings. The van der Waals surface area contributed by atoms with Gasteiger partial charge in [0.2, 0.25) is 0 Å². The zero-order valence-corrected chi connectivity index (χ0v) is 11.1. The smallest absolute Gasteiger partial charge is 0.0453 e. The molecular weight excluding hydrogens is 218 g/mol. The molecule has 1 nitrogen and oxygen atoms in total. The maximum Gasteiger partial charge on any atom is 0.0453 e. The summed E-state index contributed by atoms with van der Waals surface area (Å²) in [6.45, 7) is 6.45. The number of aromatic nitrogens is 1. The van der Waals surface area contributed by atoms with Gasteiger partial charge in [-0.3, -0.25) is 0 Å². The van der Waals surface area contributed by atoms with Crippen molar-refractivity contribution in [2.24, 2.45) is 0 Å². The van der Waals surface area contributed by atoms with Gasteiger partial charge in [-0.25, -0.2) is 0 Å². The predicted molar refractivity (Wildman–Crippen MR) is 77.0 cm³/mol. The second-order valence-electron chi connectivity index (χ2n) is 4.99. The number of aryl methyl sites for hydroxylation is 3.